The van der Waals surface area contributed by atoms with Gasteiger partial charge in [-0.25, -0.2) is 0 Å². The largest absolute Gasteiger partial charge is 0.489 e. The van der Waals surface area contributed by atoms with Gasteiger partial charge in [-0.1, -0.05) is 25.0 Å². The van der Waals surface area contributed by atoms with Crippen LogP contribution in [0.3, 0.4) is 0 Å². The van der Waals surface area contributed by atoms with Crippen LogP contribution >= 0.6 is 0 Å². The third-order valence-electron chi connectivity index (χ3n) is 5.63. The van der Waals surface area contributed by atoms with Crippen molar-refractivity contribution in [1.82, 2.24) is 0 Å². The molecule has 1 saturated carbocycles. The van der Waals surface area contributed by atoms with Gasteiger partial charge in [-0.2, -0.15) is 0 Å². The van der Waals surface area contributed by atoms with Crippen molar-refractivity contribution in [1.29, 1.82) is 0 Å². The number of rotatable bonds is 6. The van der Waals surface area contributed by atoms with Crippen LogP contribution < -0.4 is 4.74 Å². The van der Waals surface area contributed by atoms with Gasteiger partial charge in [-0.3, -0.25) is 4.79 Å². The van der Waals surface area contributed by atoms with Gasteiger partial charge < -0.3 is 9.84 Å². The first kappa shape index (κ1) is 17.1. The summed E-state index contributed by atoms with van der Waals surface area (Å²) < 4.78 is 6.03. The van der Waals surface area contributed by atoms with E-state index in [1.165, 1.54) is 44.1 Å². The molecule has 1 fully saturated rings. The Kier molecular flexibility index (Phi) is 5.27. The van der Waals surface area contributed by atoms with Gasteiger partial charge in [0.15, 0.2) is 0 Å². The molecule has 3 nitrogen and oxygen atoms in total. The Morgan fingerprint density at radius 1 is 1.21 bits per heavy atom. The fourth-order valence-electron chi connectivity index (χ4n) is 4.29. The first-order valence-corrected chi connectivity index (χ1v) is 9.21. The minimum absolute atomic E-state index is 0.177. The first-order valence-electron chi connectivity index (χ1n) is 9.21. The highest BCUT2D eigenvalue weighted by Gasteiger charge is 2.33. The van der Waals surface area contributed by atoms with Crippen LogP contribution in [0.2, 0.25) is 0 Å². The van der Waals surface area contributed by atoms with Gasteiger partial charge in [0.05, 0.1) is 0 Å². The van der Waals surface area contributed by atoms with E-state index in [4.69, 9.17) is 9.84 Å². The van der Waals surface area contributed by atoms with Gasteiger partial charge in [0.1, 0.15) is 12.4 Å². The highest BCUT2D eigenvalue weighted by molar-refractivity contribution is 5.67. The van der Waals surface area contributed by atoms with Gasteiger partial charge in [0.25, 0.3) is 0 Å². The smallest absolute Gasteiger partial charge is 0.303 e. The molecular weight excluding hydrogens is 300 g/mol. The summed E-state index contributed by atoms with van der Waals surface area (Å²) in [6.07, 6.45) is 12.6. The highest BCUT2D eigenvalue weighted by atomic mass is 16.5. The van der Waals surface area contributed by atoms with E-state index in [2.05, 4.69) is 6.08 Å². The van der Waals surface area contributed by atoms with E-state index in [9.17, 15) is 4.79 Å². The van der Waals surface area contributed by atoms with Crippen LogP contribution in [0, 0.1) is 12.3 Å². The molecule has 0 amide bonds. The fourth-order valence-corrected chi connectivity index (χ4v) is 4.29. The molecule has 2 aliphatic rings. The van der Waals surface area contributed by atoms with Gasteiger partial charge in [0.2, 0.25) is 0 Å². The van der Waals surface area contributed by atoms with Gasteiger partial charge in [-0.05, 0) is 79.7 Å². The molecule has 0 heterocycles. The van der Waals surface area contributed by atoms with E-state index in [0.717, 1.165) is 23.3 Å². The fraction of sp³-hybridized carbons (Fsp3) is 0.571. The van der Waals surface area contributed by atoms with Crippen LogP contribution in [0.1, 0.15) is 62.5 Å². The van der Waals surface area contributed by atoms with Gasteiger partial charge in [0, 0.05) is 6.42 Å². The number of allylic oxidation sites excluding steroid dienone is 1. The van der Waals surface area contributed by atoms with E-state index >= 15 is 0 Å². The maximum absolute atomic E-state index is 10.7. The van der Waals surface area contributed by atoms with Gasteiger partial charge >= 0.3 is 5.97 Å². The van der Waals surface area contributed by atoms with Crippen molar-refractivity contribution in [2.75, 3.05) is 6.61 Å². The molecule has 0 atom stereocenters. The molecule has 0 aliphatic heterocycles. The van der Waals surface area contributed by atoms with E-state index in [0.29, 0.717) is 18.4 Å². The Labute approximate surface area is 144 Å². The van der Waals surface area contributed by atoms with Crippen molar-refractivity contribution < 1.29 is 14.6 Å². The molecule has 1 spiro atoms. The zero-order valence-electron chi connectivity index (χ0n) is 14.6. The Balaban J connectivity index is 1.59. The van der Waals surface area contributed by atoms with Crippen molar-refractivity contribution in [2.24, 2.45) is 5.41 Å². The third kappa shape index (κ3) is 4.19. The number of aliphatic carboxylic acids is 1. The van der Waals surface area contributed by atoms with Crippen molar-refractivity contribution in [2.45, 2.75) is 64.7 Å². The topological polar surface area (TPSA) is 46.5 Å². The lowest BCUT2D eigenvalue weighted by molar-refractivity contribution is -0.136. The number of ether oxygens (including phenoxy) is 1. The van der Waals surface area contributed by atoms with Crippen LogP contribution in [0.4, 0.5) is 0 Å². The molecule has 0 unspecified atom stereocenters. The average Bonchev–Trinajstić information content (AvgIpc) is 2.99. The van der Waals surface area contributed by atoms with Crippen LogP contribution in [0.25, 0.3) is 0 Å². The minimum atomic E-state index is -0.750. The second kappa shape index (κ2) is 7.42. The normalized spacial score (nSPS) is 19.3. The summed E-state index contributed by atoms with van der Waals surface area (Å²) in [5.41, 5.74) is 4.13. The van der Waals surface area contributed by atoms with E-state index in [-0.39, 0.29) is 6.42 Å². The maximum atomic E-state index is 10.7. The Bertz CT molecular complexity index is 624. The van der Waals surface area contributed by atoms with E-state index in [1.54, 1.807) is 0 Å². The first-order chi connectivity index (χ1) is 11.6. The summed E-state index contributed by atoms with van der Waals surface area (Å²) in [5.74, 6) is 0.137. The molecule has 3 rings (SSSR count). The van der Waals surface area contributed by atoms with Gasteiger partial charge in [-0.15, -0.1) is 0 Å². The summed E-state index contributed by atoms with van der Waals surface area (Å²) in [4.78, 5) is 10.7. The number of carbonyl (C=O) groups is 1. The average molecular weight is 328 g/mol. The Morgan fingerprint density at radius 2 is 1.96 bits per heavy atom. The van der Waals surface area contributed by atoms with E-state index in [1.807, 2.05) is 25.1 Å². The van der Waals surface area contributed by atoms with Crippen molar-refractivity contribution in [3.63, 3.8) is 0 Å². The number of hydrogen-bond acceptors (Lipinski definition) is 2. The number of carboxylic acids is 1. The molecule has 1 aromatic carbocycles. The molecule has 3 heteroatoms. The summed E-state index contributed by atoms with van der Waals surface area (Å²) in [6, 6.07) is 6.01. The van der Waals surface area contributed by atoms with E-state index < -0.39 is 5.97 Å². The number of hydrogen-bond donors (Lipinski definition) is 1. The molecule has 1 aromatic rings. The van der Waals surface area contributed by atoms with Crippen LogP contribution in [-0.2, 0) is 11.2 Å². The molecule has 0 aromatic heterocycles. The molecule has 1 N–H and O–H groups in total. The zero-order chi connectivity index (χ0) is 17.0. The SMILES string of the molecule is Cc1cc(OCC2=CC3(CCCC3)CCC2)ccc1CCC(=O)O. The summed E-state index contributed by atoms with van der Waals surface area (Å²) in [5, 5.41) is 8.81. The zero-order valence-corrected chi connectivity index (χ0v) is 14.6. The maximum Gasteiger partial charge on any atom is 0.303 e. The lowest BCUT2D eigenvalue weighted by atomic mass is 9.75. The molecule has 130 valence electrons. The molecule has 24 heavy (non-hydrogen) atoms. The Morgan fingerprint density at radius 3 is 2.67 bits per heavy atom. The standard InChI is InChI=1S/C21H28O3/c1-16-13-19(8-6-18(16)7-9-20(22)23)24-15-17-5-4-12-21(14-17)10-2-3-11-21/h6,8,13-14H,2-5,7,9-12,15H2,1H3,(H,22,23). The molecule has 2 aliphatic carbocycles. The number of carboxylic acid groups (broad SMARTS) is 1. The second-order valence-corrected chi connectivity index (χ2v) is 7.50. The lowest BCUT2D eigenvalue weighted by Crippen LogP contribution is -2.19. The number of benzene rings is 1. The lowest BCUT2D eigenvalue weighted by Gasteiger charge is -2.31. The van der Waals surface area contributed by atoms with Crippen LogP contribution in [-0.4, -0.2) is 17.7 Å². The monoisotopic (exact) mass is 328 g/mol. The molecule has 0 bridgehead atoms. The van der Waals surface area contributed by atoms with Crippen LogP contribution in [0.5, 0.6) is 5.75 Å². The highest BCUT2D eigenvalue weighted by Crippen LogP contribution is 2.47. The molecule has 0 saturated heterocycles. The summed E-state index contributed by atoms with van der Waals surface area (Å²) in [6.45, 7) is 2.72. The quantitative estimate of drug-likeness (QED) is 0.742. The number of aryl methyl sites for hydroxylation is 2. The third-order valence-corrected chi connectivity index (χ3v) is 5.63. The predicted molar refractivity (Wildman–Crippen MR) is 95.5 cm³/mol. The summed E-state index contributed by atoms with van der Waals surface area (Å²) in [7, 11) is 0. The molecule has 0 radical (unpaired) electrons. The van der Waals surface area contributed by atoms with Crippen molar-refractivity contribution in [3.05, 3.63) is 41.0 Å². The molecular formula is C21H28O3. The second-order valence-electron chi connectivity index (χ2n) is 7.50. The van der Waals surface area contributed by atoms with Crippen molar-refractivity contribution >= 4 is 5.97 Å². The predicted octanol–water partition coefficient (Wildman–Crippen LogP) is 5.06. The summed E-state index contributed by atoms with van der Waals surface area (Å²) >= 11 is 0. The Hall–Kier alpha value is -1.77. The minimum Gasteiger partial charge on any atom is -0.489 e. The van der Waals surface area contributed by atoms with Crippen molar-refractivity contribution in [3.8, 4) is 5.75 Å². The van der Waals surface area contributed by atoms with Crippen LogP contribution in [0.15, 0.2) is 29.8 Å².